The third kappa shape index (κ3) is 1.95. The maximum atomic E-state index is 11.3. The molecule has 1 amide bonds. The first-order valence-electron chi connectivity index (χ1n) is 4.51. The molecule has 0 aliphatic carbocycles. The number of nitrogens with two attached hydrogens (primary N) is 2. The number of hydrogen-bond acceptors (Lipinski definition) is 3. The quantitative estimate of drug-likeness (QED) is 0.407. The van der Waals surface area contributed by atoms with Gasteiger partial charge in [-0.2, -0.15) is 5.10 Å². The van der Waals surface area contributed by atoms with Gasteiger partial charge in [0, 0.05) is 11.8 Å². The molecular weight excluding hydrogens is 206 g/mol. The monoisotopic (exact) mass is 215 g/mol. The Hall–Kier alpha value is -2.50. The van der Waals surface area contributed by atoms with E-state index in [-0.39, 0.29) is 11.9 Å². The van der Waals surface area contributed by atoms with Crippen LogP contribution in [0.2, 0.25) is 0 Å². The van der Waals surface area contributed by atoms with Crippen LogP contribution in [-0.4, -0.2) is 24.3 Å². The molecule has 0 atom stereocenters. The maximum Gasteiger partial charge on any atom is 0.277 e. The third-order valence-corrected chi connectivity index (χ3v) is 2.01. The van der Waals surface area contributed by atoms with Gasteiger partial charge < -0.3 is 11.5 Å². The van der Waals surface area contributed by atoms with E-state index in [4.69, 9.17) is 11.5 Å². The SMILES string of the molecule is NC(N)=NN=Cc1ccc2c(c1)C(=O)N=C2. The van der Waals surface area contributed by atoms with Gasteiger partial charge in [0.2, 0.25) is 5.96 Å². The van der Waals surface area contributed by atoms with Gasteiger partial charge in [-0.05, 0) is 11.6 Å². The Balaban J connectivity index is 2.27. The molecule has 1 aliphatic rings. The average molecular weight is 215 g/mol. The van der Waals surface area contributed by atoms with Crippen LogP contribution in [0.15, 0.2) is 33.4 Å². The highest BCUT2D eigenvalue weighted by Gasteiger charge is 2.14. The van der Waals surface area contributed by atoms with Crippen molar-refractivity contribution in [2.45, 2.75) is 0 Å². The van der Waals surface area contributed by atoms with Gasteiger partial charge in [-0.15, -0.1) is 5.10 Å². The minimum absolute atomic E-state index is 0.114. The number of benzene rings is 1. The number of carbonyl (C=O) groups is 1. The van der Waals surface area contributed by atoms with Gasteiger partial charge in [-0.3, -0.25) is 4.79 Å². The second-order valence-electron chi connectivity index (χ2n) is 3.18. The van der Waals surface area contributed by atoms with Crippen molar-refractivity contribution in [2.24, 2.45) is 26.7 Å². The van der Waals surface area contributed by atoms with Crippen molar-refractivity contribution >= 4 is 24.3 Å². The summed E-state index contributed by atoms with van der Waals surface area (Å²) >= 11 is 0. The fourth-order valence-corrected chi connectivity index (χ4v) is 1.31. The summed E-state index contributed by atoms with van der Waals surface area (Å²) in [6, 6.07) is 5.28. The second kappa shape index (κ2) is 3.93. The number of nitrogens with zero attached hydrogens (tertiary/aromatic N) is 3. The molecule has 1 aromatic carbocycles. The van der Waals surface area contributed by atoms with Gasteiger partial charge in [0.25, 0.3) is 5.91 Å². The molecule has 16 heavy (non-hydrogen) atoms. The minimum Gasteiger partial charge on any atom is -0.369 e. The molecule has 0 saturated heterocycles. The van der Waals surface area contributed by atoms with E-state index in [1.807, 2.05) is 0 Å². The lowest BCUT2D eigenvalue weighted by Crippen LogP contribution is -2.21. The van der Waals surface area contributed by atoms with Crippen LogP contribution in [0.3, 0.4) is 0 Å². The molecule has 4 N–H and O–H groups in total. The van der Waals surface area contributed by atoms with E-state index in [9.17, 15) is 4.79 Å². The van der Waals surface area contributed by atoms with Crippen molar-refractivity contribution in [3.05, 3.63) is 34.9 Å². The molecule has 6 heteroatoms. The van der Waals surface area contributed by atoms with E-state index in [2.05, 4.69) is 15.2 Å². The summed E-state index contributed by atoms with van der Waals surface area (Å²) in [7, 11) is 0. The molecule has 1 aliphatic heterocycles. The molecule has 0 fully saturated rings. The Labute approximate surface area is 91.4 Å². The smallest absolute Gasteiger partial charge is 0.277 e. The molecule has 0 aromatic heterocycles. The Bertz CT molecular complexity index is 526. The number of fused-ring (bicyclic) bond motifs is 1. The van der Waals surface area contributed by atoms with Crippen molar-refractivity contribution in [2.75, 3.05) is 0 Å². The summed E-state index contributed by atoms with van der Waals surface area (Å²) in [6.07, 6.45) is 3.00. The van der Waals surface area contributed by atoms with E-state index in [1.165, 1.54) is 12.4 Å². The lowest BCUT2D eigenvalue weighted by atomic mass is 10.1. The maximum absolute atomic E-state index is 11.3. The van der Waals surface area contributed by atoms with Crippen molar-refractivity contribution in [3.63, 3.8) is 0 Å². The standard InChI is InChI=1S/C10H9N5O/c11-10(12)15-14-4-6-1-2-7-5-13-9(16)8(7)3-6/h1-5H,(H4,11,12,15). The molecule has 2 rings (SSSR count). The Kier molecular flexibility index (Phi) is 2.47. The number of rotatable bonds is 2. The van der Waals surface area contributed by atoms with Crippen LogP contribution < -0.4 is 11.5 Å². The first-order valence-corrected chi connectivity index (χ1v) is 4.51. The molecular formula is C10H9N5O. The lowest BCUT2D eigenvalue weighted by Gasteiger charge is -1.96. The summed E-state index contributed by atoms with van der Waals surface area (Å²) in [5.41, 5.74) is 12.3. The average Bonchev–Trinajstić information content (AvgIpc) is 2.60. The van der Waals surface area contributed by atoms with E-state index >= 15 is 0 Å². The molecule has 1 heterocycles. The van der Waals surface area contributed by atoms with Crippen molar-refractivity contribution in [1.82, 2.24) is 0 Å². The molecule has 0 unspecified atom stereocenters. The first-order chi connectivity index (χ1) is 7.66. The number of aliphatic imine (C=N–C) groups is 1. The Morgan fingerprint density at radius 2 is 2.19 bits per heavy atom. The Morgan fingerprint density at radius 3 is 2.94 bits per heavy atom. The highest BCUT2D eigenvalue weighted by Crippen LogP contribution is 2.15. The number of guanidine groups is 1. The van der Waals surface area contributed by atoms with Crippen molar-refractivity contribution < 1.29 is 4.79 Å². The predicted octanol–water partition coefficient (Wildman–Crippen LogP) is -0.133. The van der Waals surface area contributed by atoms with Crippen LogP contribution in [0.4, 0.5) is 0 Å². The summed E-state index contributed by atoms with van der Waals surface area (Å²) in [4.78, 5) is 15.0. The van der Waals surface area contributed by atoms with Gasteiger partial charge in [0.05, 0.1) is 11.8 Å². The van der Waals surface area contributed by atoms with Gasteiger partial charge in [0.1, 0.15) is 0 Å². The van der Waals surface area contributed by atoms with Crippen LogP contribution in [0.5, 0.6) is 0 Å². The van der Waals surface area contributed by atoms with Crippen LogP contribution in [0.1, 0.15) is 21.5 Å². The normalized spacial score (nSPS) is 13.1. The van der Waals surface area contributed by atoms with Crippen molar-refractivity contribution in [1.29, 1.82) is 0 Å². The molecule has 0 radical (unpaired) electrons. The molecule has 0 bridgehead atoms. The molecule has 80 valence electrons. The van der Waals surface area contributed by atoms with Gasteiger partial charge >= 0.3 is 0 Å². The topological polar surface area (TPSA) is 106 Å². The summed E-state index contributed by atoms with van der Waals surface area (Å²) in [6.45, 7) is 0. The summed E-state index contributed by atoms with van der Waals surface area (Å²) in [5, 5.41) is 7.11. The van der Waals surface area contributed by atoms with Crippen LogP contribution in [0.25, 0.3) is 0 Å². The zero-order valence-corrected chi connectivity index (χ0v) is 8.29. The molecule has 1 aromatic rings. The highest BCUT2D eigenvalue weighted by atomic mass is 16.1. The first kappa shape index (κ1) is 10.0. The lowest BCUT2D eigenvalue weighted by molar-refractivity contribution is 0.101. The second-order valence-corrected chi connectivity index (χ2v) is 3.18. The van der Waals surface area contributed by atoms with Crippen LogP contribution in [0, 0.1) is 0 Å². The number of hydrogen-bond donors (Lipinski definition) is 2. The van der Waals surface area contributed by atoms with Gasteiger partial charge in [-0.1, -0.05) is 12.1 Å². The van der Waals surface area contributed by atoms with E-state index in [0.29, 0.717) is 5.56 Å². The minimum atomic E-state index is -0.243. The molecule has 0 saturated carbocycles. The van der Waals surface area contributed by atoms with E-state index in [0.717, 1.165) is 11.1 Å². The third-order valence-electron chi connectivity index (χ3n) is 2.01. The molecule has 6 nitrogen and oxygen atoms in total. The predicted molar refractivity (Wildman–Crippen MR) is 61.8 cm³/mol. The van der Waals surface area contributed by atoms with Crippen LogP contribution in [-0.2, 0) is 0 Å². The van der Waals surface area contributed by atoms with Crippen LogP contribution >= 0.6 is 0 Å². The zero-order valence-electron chi connectivity index (χ0n) is 8.29. The highest BCUT2D eigenvalue weighted by molar-refractivity contribution is 6.13. The Morgan fingerprint density at radius 1 is 1.38 bits per heavy atom. The summed E-state index contributed by atoms with van der Waals surface area (Å²) < 4.78 is 0. The largest absolute Gasteiger partial charge is 0.369 e. The molecule has 0 spiro atoms. The number of amides is 1. The van der Waals surface area contributed by atoms with E-state index in [1.54, 1.807) is 18.2 Å². The van der Waals surface area contributed by atoms with Crippen molar-refractivity contribution in [3.8, 4) is 0 Å². The fourth-order valence-electron chi connectivity index (χ4n) is 1.31. The summed E-state index contributed by atoms with van der Waals surface area (Å²) in [5.74, 6) is -0.357. The van der Waals surface area contributed by atoms with E-state index < -0.39 is 0 Å². The fraction of sp³-hybridized carbons (Fsp3) is 0. The van der Waals surface area contributed by atoms with Gasteiger partial charge in [0.15, 0.2) is 0 Å². The number of carbonyl (C=O) groups excluding carboxylic acids is 1. The zero-order chi connectivity index (χ0) is 11.5. The van der Waals surface area contributed by atoms with Gasteiger partial charge in [-0.25, -0.2) is 4.99 Å².